The van der Waals surface area contributed by atoms with Crippen LogP contribution in [0.3, 0.4) is 0 Å². The van der Waals surface area contributed by atoms with Crippen molar-refractivity contribution in [3.8, 4) is 0 Å². The third-order valence-corrected chi connectivity index (χ3v) is 4.90. The van der Waals surface area contributed by atoms with E-state index < -0.39 is 11.9 Å². The van der Waals surface area contributed by atoms with Gasteiger partial charge >= 0.3 is 5.97 Å². The molecule has 1 aliphatic heterocycles. The lowest BCUT2D eigenvalue weighted by Crippen LogP contribution is -2.26. The highest BCUT2D eigenvalue weighted by molar-refractivity contribution is 7.71. The molecule has 1 aliphatic rings. The van der Waals surface area contributed by atoms with Gasteiger partial charge in [0, 0.05) is 11.3 Å². The number of esters is 1. The van der Waals surface area contributed by atoms with Gasteiger partial charge in [0.05, 0.1) is 28.6 Å². The van der Waals surface area contributed by atoms with Gasteiger partial charge in [-0.05, 0) is 36.8 Å². The summed E-state index contributed by atoms with van der Waals surface area (Å²) in [6.07, 6.45) is 0. The van der Waals surface area contributed by atoms with Gasteiger partial charge in [-0.25, -0.2) is 9.78 Å². The second-order valence-electron chi connectivity index (χ2n) is 5.48. The van der Waals surface area contributed by atoms with Crippen LogP contribution in [-0.2, 0) is 9.53 Å². The minimum atomic E-state index is -0.530. The molecule has 0 aliphatic carbocycles. The first-order chi connectivity index (χ1) is 11.8. The third kappa shape index (κ3) is 3.10. The molecule has 1 aromatic heterocycles. The van der Waals surface area contributed by atoms with Crippen LogP contribution in [0.25, 0.3) is 0 Å². The number of H-pyrrole nitrogens is 1. The van der Waals surface area contributed by atoms with E-state index in [1.165, 1.54) is 7.11 Å². The maximum Gasteiger partial charge on any atom is 0.336 e. The molecule has 1 unspecified atom stereocenters. The number of nitrogen functional groups attached to an aromatic ring is 1. The zero-order valence-corrected chi connectivity index (χ0v) is 15.6. The minimum Gasteiger partial charge on any atom is -0.466 e. The molecule has 0 fully saturated rings. The number of anilines is 2. The van der Waals surface area contributed by atoms with Gasteiger partial charge in [0.15, 0.2) is 4.77 Å². The number of allylic oxidation sites excluding steroid dienone is 1. The molecule has 9 heteroatoms. The van der Waals surface area contributed by atoms with Crippen molar-refractivity contribution in [3.63, 3.8) is 0 Å². The largest absolute Gasteiger partial charge is 0.466 e. The molecule has 1 aromatic carbocycles. The first kappa shape index (κ1) is 17.7. The zero-order chi connectivity index (χ0) is 18.3. The Morgan fingerprint density at radius 2 is 2.08 bits per heavy atom. The number of nitrogens with two attached hydrogens (primary N) is 1. The van der Waals surface area contributed by atoms with Crippen molar-refractivity contribution in [1.82, 2.24) is 9.97 Å². The molecule has 130 valence electrons. The Morgan fingerprint density at radius 3 is 2.72 bits per heavy atom. The molecule has 0 amide bonds. The fourth-order valence-corrected chi connectivity index (χ4v) is 3.41. The molecule has 3 rings (SSSR count). The van der Waals surface area contributed by atoms with Gasteiger partial charge < -0.3 is 20.8 Å². The monoisotopic (exact) mass is 396 g/mol. The van der Waals surface area contributed by atoms with Crippen molar-refractivity contribution in [1.29, 1.82) is 0 Å². The Hall–Kier alpha value is -2.09. The van der Waals surface area contributed by atoms with Crippen LogP contribution in [0.2, 0.25) is 10.0 Å². The number of fused-ring (bicyclic) bond motifs is 1. The first-order valence-electron chi connectivity index (χ1n) is 7.24. The second-order valence-corrected chi connectivity index (χ2v) is 6.68. The average Bonchev–Trinajstić information content (AvgIpc) is 2.55. The van der Waals surface area contributed by atoms with E-state index in [9.17, 15) is 4.79 Å². The van der Waals surface area contributed by atoms with Crippen molar-refractivity contribution in [3.05, 3.63) is 55.4 Å². The Kier molecular flexibility index (Phi) is 4.73. The number of benzene rings is 1. The fourth-order valence-electron chi connectivity index (χ4n) is 2.90. The van der Waals surface area contributed by atoms with Gasteiger partial charge in [0.2, 0.25) is 0 Å². The summed E-state index contributed by atoms with van der Waals surface area (Å²) in [7, 11) is 1.32. The number of aromatic nitrogens is 2. The van der Waals surface area contributed by atoms with Crippen LogP contribution in [0.4, 0.5) is 11.6 Å². The number of methoxy groups -OCH3 is 1. The summed E-state index contributed by atoms with van der Waals surface area (Å²) in [5.41, 5.74) is 8.49. The molecule has 4 N–H and O–H groups in total. The van der Waals surface area contributed by atoms with Crippen LogP contribution in [0.15, 0.2) is 29.5 Å². The van der Waals surface area contributed by atoms with E-state index in [-0.39, 0.29) is 4.77 Å². The highest BCUT2D eigenvalue weighted by Gasteiger charge is 2.35. The van der Waals surface area contributed by atoms with E-state index in [1.54, 1.807) is 25.1 Å². The molecule has 1 atom stereocenters. The highest BCUT2D eigenvalue weighted by Crippen LogP contribution is 2.44. The van der Waals surface area contributed by atoms with Gasteiger partial charge in [-0.2, -0.15) is 0 Å². The summed E-state index contributed by atoms with van der Waals surface area (Å²) in [5.74, 6) is -0.207. The van der Waals surface area contributed by atoms with Crippen molar-refractivity contribution < 1.29 is 9.53 Å². The molecule has 6 nitrogen and oxygen atoms in total. The van der Waals surface area contributed by atoms with E-state index in [2.05, 4.69) is 15.3 Å². The maximum atomic E-state index is 12.4. The van der Waals surface area contributed by atoms with Crippen molar-refractivity contribution >= 4 is 53.0 Å². The van der Waals surface area contributed by atoms with Crippen LogP contribution in [0.5, 0.6) is 0 Å². The summed E-state index contributed by atoms with van der Waals surface area (Å²) in [6.45, 7) is 1.76. The molecular weight excluding hydrogens is 383 g/mol. The Labute approximate surface area is 159 Å². The van der Waals surface area contributed by atoms with Crippen LogP contribution in [-0.4, -0.2) is 23.0 Å². The molecule has 0 radical (unpaired) electrons. The fraction of sp³-hybridized carbons (Fsp3) is 0.188. The van der Waals surface area contributed by atoms with Crippen molar-refractivity contribution in [2.45, 2.75) is 12.8 Å². The topological polar surface area (TPSA) is 93.0 Å². The van der Waals surface area contributed by atoms with Crippen LogP contribution in [0.1, 0.15) is 24.0 Å². The van der Waals surface area contributed by atoms with E-state index in [0.29, 0.717) is 38.5 Å². The second kappa shape index (κ2) is 6.67. The number of halogens is 2. The van der Waals surface area contributed by atoms with Gasteiger partial charge in [-0.1, -0.05) is 29.3 Å². The Morgan fingerprint density at radius 1 is 1.36 bits per heavy atom. The van der Waals surface area contributed by atoms with E-state index in [1.807, 2.05) is 0 Å². The zero-order valence-electron chi connectivity index (χ0n) is 13.3. The summed E-state index contributed by atoms with van der Waals surface area (Å²) in [6, 6.07) is 5.14. The molecule has 0 bridgehead atoms. The van der Waals surface area contributed by atoms with E-state index >= 15 is 0 Å². The summed E-state index contributed by atoms with van der Waals surface area (Å²) >= 11 is 17.3. The number of ether oxygens (including phenoxy) is 1. The maximum absolute atomic E-state index is 12.4. The molecule has 0 spiro atoms. The molecule has 2 heterocycles. The van der Waals surface area contributed by atoms with Crippen LogP contribution < -0.4 is 11.1 Å². The summed E-state index contributed by atoms with van der Waals surface area (Å²) < 4.78 is 5.20. The van der Waals surface area contributed by atoms with Crippen molar-refractivity contribution in [2.75, 3.05) is 18.2 Å². The quantitative estimate of drug-likeness (QED) is 0.523. The lowest BCUT2D eigenvalue weighted by molar-refractivity contribution is -0.136. The number of nitrogens with zero attached hydrogens (tertiary/aromatic N) is 1. The first-order valence-corrected chi connectivity index (χ1v) is 8.40. The van der Waals surface area contributed by atoms with Crippen molar-refractivity contribution in [2.24, 2.45) is 0 Å². The standard InChI is InChI=1S/C16H14Cl2N4O2S/c1-6-10(15(23)24-2)11(7-3-4-8(17)9(18)5-7)12-13(19)21-16(25)22-14(12)20-6/h3-5,11H,1-2H3,(H4,19,20,21,22,25). The lowest BCUT2D eigenvalue weighted by atomic mass is 9.82. The van der Waals surface area contributed by atoms with Gasteiger partial charge in [0.25, 0.3) is 0 Å². The minimum absolute atomic E-state index is 0.242. The third-order valence-electron chi connectivity index (χ3n) is 3.97. The molecular formula is C16H14Cl2N4O2S. The number of nitrogens with one attached hydrogen (secondary N) is 2. The normalized spacial score (nSPS) is 16.2. The number of aromatic amines is 1. The number of rotatable bonds is 2. The Bertz CT molecular complexity index is 971. The number of carbonyl (C=O) groups excluding carboxylic acids is 1. The average molecular weight is 397 g/mol. The van der Waals surface area contributed by atoms with E-state index in [4.69, 9.17) is 45.9 Å². The molecule has 0 saturated heterocycles. The van der Waals surface area contributed by atoms with Crippen LogP contribution in [0, 0.1) is 4.77 Å². The molecule has 2 aromatic rings. The predicted molar refractivity (Wildman–Crippen MR) is 100 cm³/mol. The predicted octanol–water partition coefficient (Wildman–Crippen LogP) is 4.03. The summed E-state index contributed by atoms with van der Waals surface area (Å²) in [5, 5.41) is 3.86. The van der Waals surface area contributed by atoms with E-state index in [0.717, 1.165) is 5.56 Å². The smallest absolute Gasteiger partial charge is 0.336 e. The number of carbonyl (C=O) groups is 1. The lowest BCUT2D eigenvalue weighted by Gasteiger charge is -2.30. The number of hydrogen-bond donors (Lipinski definition) is 3. The summed E-state index contributed by atoms with van der Waals surface area (Å²) in [4.78, 5) is 19.5. The highest BCUT2D eigenvalue weighted by atomic mass is 35.5. The number of hydrogen-bond acceptors (Lipinski definition) is 6. The molecule has 0 saturated carbocycles. The molecule has 25 heavy (non-hydrogen) atoms. The SMILES string of the molecule is COC(=O)C1=C(C)Nc2nc(=S)[nH]c(N)c2C1c1ccc(Cl)c(Cl)c1. The Balaban J connectivity index is 2.32. The van der Waals surface area contributed by atoms with Gasteiger partial charge in [-0.3, -0.25) is 0 Å². The van der Waals surface area contributed by atoms with Gasteiger partial charge in [0.1, 0.15) is 11.6 Å². The van der Waals surface area contributed by atoms with Crippen LogP contribution >= 0.6 is 35.4 Å². The van der Waals surface area contributed by atoms with Gasteiger partial charge in [-0.15, -0.1) is 0 Å².